The molecule has 3 rings (SSSR count). The van der Waals surface area contributed by atoms with Crippen molar-refractivity contribution in [2.75, 3.05) is 7.11 Å². The summed E-state index contributed by atoms with van der Waals surface area (Å²) in [6.45, 7) is 7.24. The highest BCUT2D eigenvalue weighted by Gasteiger charge is 2.31. The molecule has 1 heterocycles. The van der Waals surface area contributed by atoms with E-state index in [9.17, 15) is 14.7 Å². The van der Waals surface area contributed by atoms with Crippen LogP contribution in [0.2, 0.25) is 5.02 Å². The van der Waals surface area contributed by atoms with Crippen LogP contribution in [0.5, 0.6) is 0 Å². The van der Waals surface area contributed by atoms with Crippen molar-refractivity contribution in [2.45, 2.75) is 39.4 Å². The molecule has 6 nitrogen and oxygen atoms in total. The van der Waals surface area contributed by atoms with E-state index < -0.39 is 23.6 Å². The predicted octanol–water partition coefficient (Wildman–Crippen LogP) is 5.59. The Bertz CT molecular complexity index is 1150. The summed E-state index contributed by atoms with van der Waals surface area (Å²) in [6.07, 6.45) is -1.20. The second-order valence-corrected chi connectivity index (χ2v) is 8.63. The number of benzene rings is 2. The number of aliphatic carboxylic acids is 1. The van der Waals surface area contributed by atoms with Gasteiger partial charge in [0.15, 0.2) is 6.10 Å². The van der Waals surface area contributed by atoms with E-state index in [2.05, 4.69) is 4.98 Å². The molecule has 0 bridgehead atoms. The molecule has 0 amide bonds. The van der Waals surface area contributed by atoms with Crippen molar-refractivity contribution in [3.63, 3.8) is 0 Å². The number of carboxylic acids is 1. The molecule has 2 aromatic carbocycles. The van der Waals surface area contributed by atoms with Gasteiger partial charge in [-0.2, -0.15) is 0 Å². The van der Waals surface area contributed by atoms with E-state index in [1.165, 1.54) is 7.11 Å². The molecule has 1 N–H and O–H groups in total. The molecule has 0 aliphatic carbocycles. The molecule has 3 aromatic rings. The van der Waals surface area contributed by atoms with Crippen molar-refractivity contribution < 1.29 is 24.2 Å². The van der Waals surface area contributed by atoms with Crippen LogP contribution >= 0.6 is 11.6 Å². The topological polar surface area (TPSA) is 85.7 Å². The number of fused-ring (bicyclic) bond motifs is 1. The molecule has 0 aliphatic heterocycles. The van der Waals surface area contributed by atoms with E-state index in [0.29, 0.717) is 32.6 Å². The van der Waals surface area contributed by atoms with Crippen LogP contribution in [0.25, 0.3) is 22.0 Å². The highest BCUT2D eigenvalue weighted by molar-refractivity contribution is 6.30. The highest BCUT2D eigenvalue weighted by atomic mass is 35.5. The first kappa shape index (κ1) is 22.7. The summed E-state index contributed by atoms with van der Waals surface area (Å²) >= 11 is 6.08. The molecule has 31 heavy (non-hydrogen) atoms. The zero-order chi connectivity index (χ0) is 22.9. The number of nitrogens with zero attached hydrogens (tertiary/aromatic N) is 1. The van der Waals surface area contributed by atoms with Gasteiger partial charge in [0.05, 0.1) is 18.2 Å². The molecule has 0 fully saturated rings. The minimum absolute atomic E-state index is 0.171. The van der Waals surface area contributed by atoms with E-state index in [-0.39, 0.29) is 5.69 Å². The van der Waals surface area contributed by atoms with Crippen LogP contribution in [0.3, 0.4) is 0 Å². The predicted molar refractivity (Wildman–Crippen MR) is 119 cm³/mol. The van der Waals surface area contributed by atoms with Gasteiger partial charge < -0.3 is 14.6 Å². The van der Waals surface area contributed by atoms with Gasteiger partial charge in [-0.1, -0.05) is 23.7 Å². The van der Waals surface area contributed by atoms with Gasteiger partial charge in [0.2, 0.25) is 0 Å². The largest absolute Gasteiger partial charge is 0.479 e. The van der Waals surface area contributed by atoms with Gasteiger partial charge in [-0.25, -0.2) is 14.6 Å². The van der Waals surface area contributed by atoms with Gasteiger partial charge in [0, 0.05) is 16.0 Å². The molecule has 1 unspecified atom stereocenters. The Morgan fingerprint density at radius 2 is 1.74 bits per heavy atom. The number of carbonyl (C=O) groups excluding carboxylic acids is 1. The third kappa shape index (κ3) is 4.86. The van der Waals surface area contributed by atoms with E-state index in [0.717, 1.165) is 5.56 Å². The summed E-state index contributed by atoms with van der Waals surface area (Å²) in [6, 6.07) is 12.2. The number of methoxy groups -OCH3 is 1. The minimum Gasteiger partial charge on any atom is -0.479 e. The van der Waals surface area contributed by atoms with Crippen molar-refractivity contribution in [3.8, 4) is 11.1 Å². The Balaban J connectivity index is 2.38. The van der Waals surface area contributed by atoms with E-state index in [4.69, 9.17) is 21.1 Å². The number of esters is 1. The Hall–Kier alpha value is -2.96. The molecule has 0 saturated carbocycles. The fraction of sp³-hybridized carbons (Fsp3) is 0.292. The van der Waals surface area contributed by atoms with Crippen LogP contribution in [0, 0.1) is 6.92 Å². The number of aryl methyl sites for hydroxylation is 1. The average molecular weight is 442 g/mol. The van der Waals surface area contributed by atoms with Crippen LogP contribution in [0.4, 0.5) is 0 Å². The zero-order valence-corrected chi connectivity index (χ0v) is 18.8. The summed E-state index contributed by atoms with van der Waals surface area (Å²) in [5, 5.41) is 11.3. The maximum Gasteiger partial charge on any atom is 0.356 e. The molecule has 1 aromatic heterocycles. The number of carboxylic acid groups (broad SMARTS) is 1. The lowest BCUT2D eigenvalue weighted by atomic mass is 9.88. The van der Waals surface area contributed by atoms with Crippen LogP contribution in [0.1, 0.15) is 48.5 Å². The van der Waals surface area contributed by atoms with Crippen molar-refractivity contribution in [3.05, 3.63) is 64.3 Å². The monoisotopic (exact) mass is 441 g/mol. The van der Waals surface area contributed by atoms with Crippen molar-refractivity contribution in [1.82, 2.24) is 4.98 Å². The number of hydrogen-bond donors (Lipinski definition) is 1. The normalized spacial score (nSPS) is 12.6. The fourth-order valence-electron chi connectivity index (χ4n) is 3.49. The first-order valence-electron chi connectivity index (χ1n) is 9.71. The molecular formula is C24H24ClNO5. The van der Waals surface area contributed by atoms with Gasteiger partial charge in [0.1, 0.15) is 5.69 Å². The van der Waals surface area contributed by atoms with Gasteiger partial charge in [-0.3, -0.25) is 0 Å². The lowest BCUT2D eigenvalue weighted by Gasteiger charge is -2.28. The second kappa shape index (κ2) is 8.65. The molecular weight excluding hydrogens is 418 g/mol. The van der Waals surface area contributed by atoms with Crippen LogP contribution in [-0.2, 0) is 14.3 Å². The molecule has 0 saturated heterocycles. The number of hydrogen-bond acceptors (Lipinski definition) is 5. The molecule has 0 spiro atoms. The van der Waals surface area contributed by atoms with E-state index in [1.54, 1.807) is 30.3 Å². The van der Waals surface area contributed by atoms with E-state index in [1.807, 2.05) is 39.8 Å². The van der Waals surface area contributed by atoms with Gasteiger partial charge in [-0.15, -0.1) is 0 Å². The summed E-state index contributed by atoms with van der Waals surface area (Å²) in [7, 11) is 1.29. The number of pyridine rings is 1. The summed E-state index contributed by atoms with van der Waals surface area (Å²) in [4.78, 5) is 28.7. The summed E-state index contributed by atoms with van der Waals surface area (Å²) in [5.74, 6) is -1.64. The van der Waals surface area contributed by atoms with Gasteiger partial charge in [-0.05, 0) is 74.7 Å². The Kier molecular flexibility index (Phi) is 6.34. The number of carbonyl (C=O) groups is 2. The first-order valence-corrected chi connectivity index (χ1v) is 10.1. The molecule has 7 heteroatoms. The highest BCUT2D eigenvalue weighted by Crippen LogP contribution is 2.40. The average Bonchev–Trinajstić information content (AvgIpc) is 2.70. The summed E-state index contributed by atoms with van der Waals surface area (Å²) < 4.78 is 10.7. The Labute approximate surface area is 185 Å². The fourth-order valence-corrected chi connectivity index (χ4v) is 3.62. The van der Waals surface area contributed by atoms with Crippen LogP contribution < -0.4 is 0 Å². The smallest absolute Gasteiger partial charge is 0.356 e. The third-order valence-electron chi connectivity index (χ3n) is 4.73. The number of halogens is 1. The molecule has 0 aliphatic rings. The lowest BCUT2D eigenvalue weighted by molar-refractivity contribution is -0.160. The quantitative estimate of drug-likeness (QED) is 0.519. The van der Waals surface area contributed by atoms with E-state index >= 15 is 0 Å². The lowest BCUT2D eigenvalue weighted by Crippen LogP contribution is -2.28. The van der Waals surface area contributed by atoms with Gasteiger partial charge >= 0.3 is 11.9 Å². The standard InChI is InChI=1S/C24H24ClNO5/c1-13-12-18-16(10-11-17(26-18)23(29)30-5)20(14-6-8-15(25)9-7-14)19(13)21(22(27)28)31-24(2,3)4/h6-12,21H,1-5H3,(H,27,28). The molecule has 0 radical (unpaired) electrons. The third-order valence-corrected chi connectivity index (χ3v) is 4.98. The van der Waals surface area contributed by atoms with Crippen molar-refractivity contribution in [2.24, 2.45) is 0 Å². The maximum atomic E-state index is 12.3. The maximum absolute atomic E-state index is 12.3. The number of ether oxygens (including phenoxy) is 2. The molecule has 162 valence electrons. The van der Waals surface area contributed by atoms with Crippen molar-refractivity contribution in [1.29, 1.82) is 0 Å². The SMILES string of the molecule is COC(=O)c1ccc2c(-c3ccc(Cl)cc3)c(C(OC(C)(C)C)C(=O)O)c(C)cc2n1. The Morgan fingerprint density at radius 3 is 2.29 bits per heavy atom. The van der Waals surface area contributed by atoms with Crippen molar-refractivity contribution >= 4 is 34.4 Å². The second-order valence-electron chi connectivity index (χ2n) is 8.19. The zero-order valence-electron chi connectivity index (χ0n) is 18.0. The minimum atomic E-state index is -1.20. The summed E-state index contributed by atoms with van der Waals surface area (Å²) in [5.41, 5.74) is 2.69. The number of rotatable bonds is 5. The van der Waals surface area contributed by atoms with Crippen LogP contribution in [0.15, 0.2) is 42.5 Å². The number of aromatic nitrogens is 1. The van der Waals surface area contributed by atoms with Crippen LogP contribution in [-0.4, -0.2) is 34.7 Å². The van der Waals surface area contributed by atoms with Gasteiger partial charge in [0.25, 0.3) is 0 Å². The first-order chi connectivity index (χ1) is 14.5. The molecule has 1 atom stereocenters. The Morgan fingerprint density at radius 1 is 1.10 bits per heavy atom.